The molecule has 1 atom stereocenters. The van der Waals surface area contributed by atoms with Crippen molar-refractivity contribution in [3.05, 3.63) is 30.1 Å². The number of ether oxygens (including phenoxy) is 1. The minimum atomic E-state index is -3.16. The molecular formula is C13H18FNO3S. The number of nitrogens with one attached hydrogen (secondary N) is 1. The van der Waals surface area contributed by atoms with E-state index in [0.29, 0.717) is 12.3 Å². The number of hydrogen-bond donors (Lipinski definition) is 1. The monoisotopic (exact) mass is 287 g/mol. The van der Waals surface area contributed by atoms with E-state index in [2.05, 4.69) is 5.32 Å². The van der Waals surface area contributed by atoms with Gasteiger partial charge in [0, 0.05) is 13.2 Å². The van der Waals surface area contributed by atoms with Gasteiger partial charge in [0.05, 0.1) is 23.3 Å². The number of rotatable bonds is 6. The highest BCUT2D eigenvalue weighted by atomic mass is 32.2. The van der Waals surface area contributed by atoms with Crippen molar-refractivity contribution in [1.82, 2.24) is 0 Å². The predicted octanol–water partition coefficient (Wildman–Crippen LogP) is 1.83. The normalized spacial score (nSPS) is 19.5. The maximum atomic E-state index is 13.3. The van der Waals surface area contributed by atoms with Crippen LogP contribution < -0.4 is 5.32 Å². The molecule has 1 heterocycles. The number of anilines is 1. The van der Waals surface area contributed by atoms with Gasteiger partial charge in [-0.1, -0.05) is 12.1 Å². The first kappa shape index (κ1) is 14.3. The van der Waals surface area contributed by atoms with Gasteiger partial charge in [0.1, 0.15) is 5.82 Å². The first-order chi connectivity index (χ1) is 9.07. The van der Waals surface area contributed by atoms with Crippen molar-refractivity contribution in [2.75, 3.05) is 30.0 Å². The SMILES string of the molecule is O=S(=O)(CCNc1ccccc1F)CC1CCCO1. The quantitative estimate of drug-likeness (QED) is 0.867. The summed E-state index contributed by atoms with van der Waals surface area (Å²) in [6.45, 7) is 0.851. The Morgan fingerprint density at radius 3 is 2.84 bits per heavy atom. The summed E-state index contributed by atoms with van der Waals surface area (Å²) in [7, 11) is -3.16. The molecule has 1 aromatic carbocycles. The maximum absolute atomic E-state index is 13.3. The van der Waals surface area contributed by atoms with E-state index in [9.17, 15) is 12.8 Å². The van der Waals surface area contributed by atoms with Crippen molar-refractivity contribution in [2.24, 2.45) is 0 Å². The van der Waals surface area contributed by atoms with Crippen LogP contribution in [0.1, 0.15) is 12.8 Å². The molecular weight excluding hydrogens is 269 g/mol. The van der Waals surface area contributed by atoms with Gasteiger partial charge in [-0.2, -0.15) is 0 Å². The fraction of sp³-hybridized carbons (Fsp3) is 0.538. The Hall–Kier alpha value is -1.14. The van der Waals surface area contributed by atoms with Crippen molar-refractivity contribution in [3.63, 3.8) is 0 Å². The topological polar surface area (TPSA) is 55.4 Å². The summed E-state index contributed by atoms with van der Waals surface area (Å²) in [6, 6.07) is 6.21. The summed E-state index contributed by atoms with van der Waals surface area (Å²) in [5, 5.41) is 2.80. The van der Waals surface area contributed by atoms with Gasteiger partial charge in [0.15, 0.2) is 9.84 Å². The van der Waals surface area contributed by atoms with Gasteiger partial charge < -0.3 is 10.1 Å². The van der Waals surface area contributed by atoms with E-state index in [-0.39, 0.29) is 30.0 Å². The molecule has 1 aromatic rings. The van der Waals surface area contributed by atoms with Crippen molar-refractivity contribution < 1.29 is 17.5 Å². The third-order valence-electron chi connectivity index (χ3n) is 3.07. The second-order valence-electron chi connectivity index (χ2n) is 4.66. The fourth-order valence-corrected chi connectivity index (χ4v) is 3.50. The summed E-state index contributed by atoms with van der Waals surface area (Å²) < 4.78 is 42.3. The fourth-order valence-electron chi connectivity index (χ4n) is 2.09. The first-order valence-electron chi connectivity index (χ1n) is 6.37. The van der Waals surface area contributed by atoms with Crippen LogP contribution in [0, 0.1) is 5.82 Å². The Balaban J connectivity index is 1.79. The zero-order valence-corrected chi connectivity index (χ0v) is 11.5. The Labute approximate surface area is 112 Å². The minimum Gasteiger partial charge on any atom is -0.382 e. The summed E-state index contributed by atoms with van der Waals surface area (Å²) in [6.07, 6.45) is 1.56. The molecule has 0 bridgehead atoms. The summed E-state index contributed by atoms with van der Waals surface area (Å²) >= 11 is 0. The Bertz CT molecular complexity index is 512. The molecule has 19 heavy (non-hydrogen) atoms. The molecule has 106 valence electrons. The average molecular weight is 287 g/mol. The van der Waals surface area contributed by atoms with Crippen molar-refractivity contribution >= 4 is 15.5 Å². The van der Waals surface area contributed by atoms with Gasteiger partial charge in [0.2, 0.25) is 0 Å². The zero-order valence-electron chi connectivity index (χ0n) is 10.6. The van der Waals surface area contributed by atoms with E-state index in [4.69, 9.17) is 4.74 Å². The van der Waals surface area contributed by atoms with E-state index >= 15 is 0 Å². The molecule has 0 aromatic heterocycles. The van der Waals surface area contributed by atoms with Crippen molar-refractivity contribution in [1.29, 1.82) is 0 Å². The van der Waals surface area contributed by atoms with Crippen LogP contribution in [0.15, 0.2) is 24.3 Å². The molecule has 2 rings (SSSR count). The van der Waals surface area contributed by atoms with Gasteiger partial charge in [-0.25, -0.2) is 12.8 Å². The largest absolute Gasteiger partial charge is 0.382 e. The van der Waals surface area contributed by atoms with Crippen LogP contribution in [-0.4, -0.2) is 39.2 Å². The van der Waals surface area contributed by atoms with E-state index in [1.807, 2.05) is 0 Å². The summed E-state index contributed by atoms with van der Waals surface area (Å²) in [5.41, 5.74) is 0.329. The Morgan fingerprint density at radius 2 is 2.16 bits per heavy atom. The molecule has 1 aliphatic heterocycles. The van der Waals surface area contributed by atoms with E-state index in [1.54, 1.807) is 18.2 Å². The number of benzene rings is 1. The second kappa shape index (κ2) is 6.34. The Morgan fingerprint density at radius 1 is 1.37 bits per heavy atom. The number of hydrogen-bond acceptors (Lipinski definition) is 4. The van der Waals surface area contributed by atoms with Gasteiger partial charge in [0.25, 0.3) is 0 Å². The standard InChI is InChI=1S/C13H18FNO3S/c14-12-5-1-2-6-13(12)15-7-9-19(16,17)10-11-4-3-8-18-11/h1-2,5-6,11,15H,3-4,7-10H2. The maximum Gasteiger partial charge on any atom is 0.154 e. The van der Waals surface area contributed by atoms with Crippen LogP contribution >= 0.6 is 0 Å². The lowest BCUT2D eigenvalue weighted by Gasteiger charge is -2.11. The minimum absolute atomic E-state index is 0.0127. The number of sulfone groups is 1. The number of halogens is 1. The molecule has 6 heteroatoms. The van der Waals surface area contributed by atoms with Gasteiger partial charge >= 0.3 is 0 Å². The molecule has 0 radical (unpaired) electrons. The van der Waals surface area contributed by atoms with E-state index < -0.39 is 9.84 Å². The van der Waals surface area contributed by atoms with Gasteiger partial charge in [-0.3, -0.25) is 0 Å². The van der Waals surface area contributed by atoms with E-state index in [0.717, 1.165) is 12.8 Å². The summed E-state index contributed by atoms with van der Waals surface area (Å²) in [4.78, 5) is 0. The molecule has 1 fully saturated rings. The van der Waals surface area contributed by atoms with E-state index in [1.165, 1.54) is 6.07 Å². The molecule has 4 nitrogen and oxygen atoms in total. The van der Waals surface area contributed by atoms with Crippen LogP contribution in [0.5, 0.6) is 0 Å². The average Bonchev–Trinajstić information content (AvgIpc) is 2.83. The molecule has 0 aliphatic carbocycles. The highest BCUT2D eigenvalue weighted by Gasteiger charge is 2.22. The number of para-hydroxylation sites is 1. The van der Waals surface area contributed by atoms with Crippen LogP contribution in [0.2, 0.25) is 0 Å². The van der Waals surface area contributed by atoms with Crippen LogP contribution in [0.4, 0.5) is 10.1 Å². The van der Waals surface area contributed by atoms with Crippen molar-refractivity contribution in [3.8, 4) is 0 Å². The lowest BCUT2D eigenvalue weighted by Crippen LogP contribution is -2.25. The van der Waals surface area contributed by atoms with Crippen molar-refractivity contribution in [2.45, 2.75) is 18.9 Å². The third-order valence-corrected chi connectivity index (χ3v) is 4.77. The molecule has 1 unspecified atom stereocenters. The molecule has 1 aliphatic rings. The molecule has 0 spiro atoms. The second-order valence-corrected chi connectivity index (χ2v) is 6.88. The lowest BCUT2D eigenvalue weighted by molar-refractivity contribution is 0.127. The molecule has 0 amide bonds. The van der Waals surface area contributed by atoms with Gasteiger partial charge in [-0.05, 0) is 25.0 Å². The highest BCUT2D eigenvalue weighted by molar-refractivity contribution is 7.91. The zero-order chi connectivity index (χ0) is 13.7. The van der Waals surface area contributed by atoms with Crippen LogP contribution in [0.3, 0.4) is 0 Å². The molecule has 1 N–H and O–H groups in total. The van der Waals surface area contributed by atoms with Crippen LogP contribution in [0.25, 0.3) is 0 Å². The van der Waals surface area contributed by atoms with Crippen LogP contribution in [-0.2, 0) is 14.6 Å². The smallest absolute Gasteiger partial charge is 0.154 e. The third kappa shape index (κ3) is 4.47. The predicted molar refractivity (Wildman–Crippen MR) is 72.5 cm³/mol. The Kier molecular flexibility index (Phi) is 4.76. The molecule has 0 saturated carbocycles. The first-order valence-corrected chi connectivity index (χ1v) is 8.19. The highest BCUT2D eigenvalue weighted by Crippen LogP contribution is 2.15. The molecule has 1 saturated heterocycles. The summed E-state index contributed by atoms with van der Waals surface area (Å²) in [5.74, 6) is -0.327. The van der Waals surface area contributed by atoms with Gasteiger partial charge in [-0.15, -0.1) is 0 Å². The lowest BCUT2D eigenvalue weighted by atomic mass is 10.3.